The molecule has 4 aromatic carbocycles. The van der Waals surface area contributed by atoms with Crippen molar-refractivity contribution in [2.75, 3.05) is 5.32 Å². The van der Waals surface area contributed by atoms with Gasteiger partial charge in [-0.2, -0.15) is 5.10 Å². The second-order valence-electron chi connectivity index (χ2n) is 8.11. The molecule has 5 aromatic rings. The maximum Gasteiger partial charge on any atom is 0.339 e. The summed E-state index contributed by atoms with van der Waals surface area (Å²) in [6.45, 7) is 0. The maximum atomic E-state index is 13.9. The second-order valence-corrected chi connectivity index (χ2v) is 9.02. The summed E-state index contributed by atoms with van der Waals surface area (Å²) in [5, 5.41) is 10.5. The molecule has 0 unspecified atom stereocenters. The lowest BCUT2D eigenvalue weighted by Crippen LogP contribution is -2.28. The van der Waals surface area contributed by atoms with E-state index in [1.165, 1.54) is 4.68 Å². The molecule has 2 amide bonds. The van der Waals surface area contributed by atoms with Gasteiger partial charge in [-0.1, -0.05) is 94.8 Å². The van der Waals surface area contributed by atoms with Gasteiger partial charge in [0.15, 0.2) is 0 Å². The number of hydrogen-bond acceptors (Lipinski definition) is 3. The molecule has 7 nitrogen and oxygen atoms in total. The molecule has 0 atom stereocenters. The van der Waals surface area contributed by atoms with Gasteiger partial charge in [0.25, 0.3) is 5.56 Å². The fraction of sp³-hybridized carbons (Fsp3) is 0. The predicted molar refractivity (Wildman–Crippen MR) is 150 cm³/mol. The summed E-state index contributed by atoms with van der Waals surface area (Å²) in [6, 6.07) is 34.8. The van der Waals surface area contributed by atoms with Crippen molar-refractivity contribution in [1.29, 1.82) is 0 Å². The Hall–Kier alpha value is -4.69. The topological polar surface area (TPSA) is 91.3 Å². The Morgan fingerprint density at radius 2 is 1.46 bits per heavy atom. The minimum absolute atomic E-state index is 0.297. The highest BCUT2D eigenvalue weighted by Gasteiger charge is 2.23. The van der Waals surface area contributed by atoms with Crippen LogP contribution in [0, 0.1) is 0 Å². The fourth-order valence-electron chi connectivity index (χ4n) is 3.92. The summed E-state index contributed by atoms with van der Waals surface area (Å²) in [5.74, 6) is 0. The van der Waals surface area contributed by atoms with E-state index in [-0.39, 0.29) is 5.56 Å². The van der Waals surface area contributed by atoms with Gasteiger partial charge in [0.05, 0.1) is 16.9 Å². The molecule has 182 valence electrons. The summed E-state index contributed by atoms with van der Waals surface area (Å²) in [6.07, 6.45) is 0. The van der Waals surface area contributed by atoms with Gasteiger partial charge in [-0.05, 0) is 36.4 Å². The smallest absolute Gasteiger partial charge is 0.307 e. The van der Waals surface area contributed by atoms with Gasteiger partial charge in [0.1, 0.15) is 5.71 Å². The number of benzene rings is 4. The highest BCUT2D eigenvalue weighted by Crippen LogP contribution is 2.24. The van der Waals surface area contributed by atoms with Gasteiger partial charge in [-0.3, -0.25) is 9.89 Å². The van der Waals surface area contributed by atoms with Gasteiger partial charge < -0.3 is 5.32 Å². The Bertz CT molecular complexity index is 1610. The third-order valence-corrected chi connectivity index (χ3v) is 6.10. The number of hydrogen-bond donors (Lipinski definition) is 3. The monoisotopic (exact) mass is 551 g/mol. The van der Waals surface area contributed by atoms with Crippen LogP contribution in [0.4, 0.5) is 10.5 Å². The van der Waals surface area contributed by atoms with Crippen molar-refractivity contribution in [2.24, 2.45) is 5.10 Å². The molecule has 0 aliphatic heterocycles. The predicted octanol–water partition coefficient (Wildman–Crippen LogP) is 6.17. The van der Waals surface area contributed by atoms with E-state index < -0.39 is 6.03 Å². The molecule has 0 aliphatic carbocycles. The summed E-state index contributed by atoms with van der Waals surface area (Å²) >= 11 is 3.51. The summed E-state index contributed by atoms with van der Waals surface area (Å²) in [7, 11) is 0. The SMILES string of the molecule is O=C(N/N=C(\c1cccc(Br)c1)c1c(-c2ccccc2)[nH]n(-c2ccccc2)c1=O)Nc1ccccc1. The molecule has 0 radical (unpaired) electrons. The molecule has 5 rings (SSSR count). The number of hydrazone groups is 1. The van der Waals surface area contributed by atoms with Gasteiger partial charge in [0.2, 0.25) is 0 Å². The highest BCUT2D eigenvalue weighted by atomic mass is 79.9. The Balaban J connectivity index is 1.66. The lowest BCUT2D eigenvalue weighted by Gasteiger charge is -2.09. The zero-order valence-electron chi connectivity index (χ0n) is 19.6. The van der Waals surface area contributed by atoms with Crippen LogP contribution in [0.5, 0.6) is 0 Å². The average molecular weight is 552 g/mol. The van der Waals surface area contributed by atoms with E-state index in [2.05, 4.69) is 36.9 Å². The number of urea groups is 1. The minimum atomic E-state index is -0.529. The van der Waals surface area contributed by atoms with Crippen LogP contribution in [0.25, 0.3) is 16.9 Å². The van der Waals surface area contributed by atoms with Gasteiger partial charge in [0, 0.05) is 21.3 Å². The lowest BCUT2D eigenvalue weighted by molar-refractivity contribution is 0.252. The zero-order chi connectivity index (χ0) is 25.6. The molecule has 1 heterocycles. The second kappa shape index (κ2) is 10.9. The molecule has 8 heteroatoms. The first-order valence-electron chi connectivity index (χ1n) is 11.5. The molecule has 0 spiro atoms. The first-order valence-corrected chi connectivity index (χ1v) is 12.3. The molecular weight excluding hydrogens is 530 g/mol. The number of aromatic nitrogens is 2. The Labute approximate surface area is 221 Å². The molecule has 0 fully saturated rings. The van der Waals surface area contributed by atoms with E-state index in [4.69, 9.17) is 0 Å². The van der Waals surface area contributed by atoms with Gasteiger partial charge in [-0.15, -0.1) is 0 Å². The van der Waals surface area contributed by atoms with Crippen LogP contribution in [0.15, 0.2) is 130 Å². The minimum Gasteiger partial charge on any atom is -0.307 e. The van der Waals surface area contributed by atoms with E-state index in [9.17, 15) is 9.59 Å². The quantitative estimate of drug-likeness (QED) is 0.174. The number of nitrogens with zero attached hydrogens (tertiary/aromatic N) is 2. The van der Waals surface area contributed by atoms with Crippen molar-refractivity contribution >= 4 is 33.4 Å². The molecule has 0 saturated carbocycles. The zero-order valence-corrected chi connectivity index (χ0v) is 21.1. The Morgan fingerprint density at radius 1 is 0.811 bits per heavy atom. The number of anilines is 1. The van der Waals surface area contributed by atoms with E-state index in [0.717, 1.165) is 10.0 Å². The van der Waals surface area contributed by atoms with Crippen LogP contribution in [-0.2, 0) is 0 Å². The third kappa shape index (κ3) is 5.44. The highest BCUT2D eigenvalue weighted by molar-refractivity contribution is 9.10. The van der Waals surface area contributed by atoms with Gasteiger partial charge >= 0.3 is 6.03 Å². The molecular formula is C29H22BrN5O2. The summed E-state index contributed by atoms with van der Waals surface area (Å²) in [5.41, 5.74) is 6.26. The number of halogens is 1. The first-order chi connectivity index (χ1) is 18.1. The van der Waals surface area contributed by atoms with Crippen molar-refractivity contribution in [3.63, 3.8) is 0 Å². The van der Waals surface area contributed by atoms with Crippen LogP contribution < -0.4 is 16.3 Å². The number of para-hydroxylation sites is 2. The Kier molecular flexibility index (Phi) is 7.09. The number of carbonyl (C=O) groups excluding carboxylic acids is 1. The molecule has 37 heavy (non-hydrogen) atoms. The van der Waals surface area contributed by atoms with Crippen molar-refractivity contribution in [1.82, 2.24) is 15.2 Å². The van der Waals surface area contributed by atoms with Crippen LogP contribution in [-0.4, -0.2) is 21.5 Å². The van der Waals surface area contributed by atoms with Crippen LogP contribution in [0.2, 0.25) is 0 Å². The lowest BCUT2D eigenvalue weighted by atomic mass is 9.99. The molecule has 0 aliphatic rings. The molecule has 1 aromatic heterocycles. The molecule has 3 N–H and O–H groups in total. The summed E-state index contributed by atoms with van der Waals surface area (Å²) in [4.78, 5) is 26.6. The van der Waals surface area contributed by atoms with Crippen molar-refractivity contribution < 1.29 is 4.79 Å². The first kappa shape index (κ1) is 24.0. The van der Waals surface area contributed by atoms with Crippen LogP contribution in [0.3, 0.4) is 0 Å². The largest absolute Gasteiger partial charge is 0.339 e. The third-order valence-electron chi connectivity index (χ3n) is 5.60. The van der Waals surface area contributed by atoms with Crippen molar-refractivity contribution in [3.05, 3.63) is 141 Å². The average Bonchev–Trinajstić information content (AvgIpc) is 3.27. The van der Waals surface area contributed by atoms with Gasteiger partial charge in [-0.25, -0.2) is 14.9 Å². The van der Waals surface area contributed by atoms with Crippen LogP contribution >= 0.6 is 15.9 Å². The van der Waals surface area contributed by atoms with Crippen molar-refractivity contribution in [2.45, 2.75) is 0 Å². The number of aromatic amines is 1. The normalized spacial score (nSPS) is 11.2. The Morgan fingerprint density at radius 3 is 2.14 bits per heavy atom. The number of amides is 2. The van der Waals surface area contributed by atoms with Crippen LogP contribution in [0.1, 0.15) is 11.1 Å². The fourth-order valence-corrected chi connectivity index (χ4v) is 4.32. The standard InChI is InChI=1S/C29H22BrN5O2/c30-22-14-10-13-21(19-22)26(32-33-29(37)31-23-15-6-2-7-16-23)25-27(20-11-4-1-5-12-20)34-35(28(25)36)24-17-8-3-9-18-24/h1-19,34H,(H2,31,33,37)/b32-26+. The van der Waals surface area contributed by atoms with E-state index in [1.807, 2.05) is 103 Å². The number of carbonyl (C=O) groups is 1. The molecule has 0 saturated heterocycles. The van der Waals surface area contributed by atoms with E-state index in [1.54, 1.807) is 12.1 Å². The number of nitrogens with one attached hydrogen (secondary N) is 3. The number of H-pyrrole nitrogens is 1. The number of rotatable bonds is 6. The summed E-state index contributed by atoms with van der Waals surface area (Å²) < 4.78 is 2.29. The maximum absolute atomic E-state index is 13.9. The molecule has 0 bridgehead atoms. The van der Waals surface area contributed by atoms with E-state index >= 15 is 0 Å². The van der Waals surface area contributed by atoms with E-state index in [0.29, 0.717) is 33.9 Å². The van der Waals surface area contributed by atoms with Crippen molar-refractivity contribution in [3.8, 4) is 16.9 Å².